The lowest BCUT2D eigenvalue weighted by atomic mass is 9.33. The van der Waals surface area contributed by atoms with E-state index in [1.807, 2.05) is 18.2 Å². The normalized spacial score (nSPS) is 12.2. The lowest BCUT2D eigenvalue weighted by Gasteiger charge is -2.44. The summed E-state index contributed by atoms with van der Waals surface area (Å²) in [7, 11) is 0. The lowest BCUT2D eigenvalue weighted by molar-refractivity contribution is 1.14. The lowest BCUT2D eigenvalue weighted by Crippen LogP contribution is -2.61. The number of para-hydroxylation sites is 6. The third kappa shape index (κ3) is 8.60. The van der Waals surface area contributed by atoms with Crippen molar-refractivity contribution in [1.82, 2.24) is 24.5 Å². The van der Waals surface area contributed by atoms with Gasteiger partial charge in [0.05, 0.1) is 39.5 Å². The first-order chi connectivity index (χ1) is 43.6. The second-order valence-electron chi connectivity index (χ2n) is 22.5. The molecule has 2 aliphatic heterocycles. The molecule has 17 rings (SSSR count). The molecule has 15 aromatic rings. The van der Waals surface area contributed by atoms with E-state index in [1.54, 1.807) is 0 Å². The molecule has 0 saturated carbocycles. The quantitative estimate of drug-likeness (QED) is 0.127. The molecule has 0 aliphatic carbocycles. The van der Waals surface area contributed by atoms with Crippen molar-refractivity contribution < 1.29 is 0 Å². The monoisotopic (exact) mass is 1120 g/mol. The molecule has 3 aromatic heterocycles. The van der Waals surface area contributed by atoms with Crippen LogP contribution in [-0.4, -0.2) is 31.2 Å². The maximum atomic E-state index is 5.65. The molecule has 0 unspecified atom stereocenters. The zero-order valence-electron chi connectivity index (χ0n) is 47.7. The zero-order chi connectivity index (χ0) is 58.1. The average Bonchev–Trinajstić information content (AvgIpc) is 0.947. The highest BCUT2D eigenvalue weighted by molar-refractivity contribution is 7.00. The summed E-state index contributed by atoms with van der Waals surface area (Å²) in [6.45, 7) is 0.0203. The Bertz CT molecular complexity index is 4930. The fourth-order valence-electron chi connectivity index (χ4n) is 13.4. The number of fused-ring (bicyclic) bond motifs is 7. The van der Waals surface area contributed by atoms with E-state index in [9.17, 15) is 0 Å². The minimum absolute atomic E-state index is 0.0203. The number of benzene rings is 12. The van der Waals surface area contributed by atoms with Gasteiger partial charge in [-0.05, 0) is 119 Å². The number of anilines is 6. The molecule has 0 radical (unpaired) electrons. The molecule has 12 aromatic carbocycles. The molecule has 2 aliphatic rings. The highest BCUT2D eigenvalue weighted by Crippen LogP contribution is 2.47. The molecule has 0 atom stereocenters. The van der Waals surface area contributed by atoms with Gasteiger partial charge < -0.3 is 14.4 Å². The van der Waals surface area contributed by atoms with E-state index in [1.165, 1.54) is 38.5 Å². The van der Waals surface area contributed by atoms with Crippen LogP contribution in [0.1, 0.15) is 0 Å². The molecular weight excluding hydrogens is 1070 g/mol. The van der Waals surface area contributed by atoms with Crippen LogP contribution < -0.4 is 26.2 Å². The maximum Gasteiger partial charge on any atom is 0.252 e. The fourth-order valence-corrected chi connectivity index (χ4v) is 13.4. The van der Waals surface area contributed by atoms with Gasteiger partial charge in [-0.15, -0.1) is 0 Å². The predicted octanol–water partition coefficient (Wildman–Crippen LogP) is 18.1. The van der Waals surface area contributed by atoms with Crippen molar-refractivity contribution in [3.63, 3.8) is 0 Å². The summed E-state index contributed by atoms with van der Waals surface area (Å²) in [6.07, 6.45) is 0. The van der Waals surface area contributed by atoms with E-state index in [-0.39, 0.29) is 6.71 Å². The van der Waals surface area contributed by atoms with Crippen LogP contribution in [0.4, 0.5) is 34.1 Å². The number of hydrogen-bond acceptors (Lipinski definition) is 6. The van der Waals surface area contributed by atoms with Gasteiger partial charge in [-0.1, -0.05) is 224 Å². The number of aromatic nitrogens is 5. The van der Waals surface area contributed by atoms with Crippen molar-refractivity contribution in [3.05, 3.63) is 315 Å². The van der Waals surface area contributed by atoms with Gasteiger partial charge in [0.2, 0.25) is 0 Å². The highest BCUT2D eigenvalue weighted by atomic mass is 15.2. The van der Waals surface area contributed by atoms with Crippen molar-refractivity contribution >= 4 is 79.0 Å². The van der Waals surface area contributed by atoms with Crippen molar-refractivity contribution in [2.75, 3.05) is 9.80 Å². The first-order valence-electron chi connectivity index (χ1n) is 29.9. The molecule has 0 spiro atoms. The van der Waals surface area contributed by atoms with Crippen molar-refractivity contribution in [2.45, 2.75) is 0 Å². The SMILES string of the molecule is c1ccc(-c2cc(-c3ccccc3)nc(-c3ccc(-n4c5ccccc5c5ccccc54)c(-c4cc(-c5ccccc5)nc(-c5ccc(-c6cc7c8c(c6)N(c6ccccc6)c6ccccc6B8c6ccccc6N7c6ccccc6)cc5)n4)c3)n2)cc1. The molecule has 0 amide bonds. The highest BCUT2D eigenvalue weighted by Gasteiger charge is 2.43. The van der Waals surface area contributed by atoms with Crippen LogP contribution in [0.25, 0.3) is 106 Å². The second-order valence-corrected chi connectivity index (χ2v) is 22.5. The van der Waals surface area contributed by atoms with Gasteiger partial charge in [0.15, 0.2) is 11.6 Å². The molecule has 0 N–H and O–H groups in total. The Kier molecular flexibility index (Phi) is 12.2. The number of rotatable bonds is 10. The summed E-state index contributed by atoms with van der Waals surface area (Å²) in [5.41, 5.74) is 25.0. The van der Waals surface area contributed by atoms with E-state index in [4.69, 9.17) is 19.9 Å². The Morgan fingerprint density at radius 2 is 0.636 bits per heavy atom. The Hall–Kier alpha value is -11.7. The molecule has 8 heteroatoms. The Balaban J connectivity index is 0.859. The molecule has 88 heavy (non-hydrogen) atoms. The van der Waals surface area contributed by atoms with E-state index in [0.717, 1.165) is 107 Å². The smallest absolute Gasteiger partial charge is 0.252 e. The van der Waals surface area contributed by atoms with Gasteiger partial charge >= 0.3 is 0 Å². The van der Waals surface area contributed by atoms with Crippen LogP contribution in [0, 0.1) is 0 Å². The van der Waals surface area contributed by atoms with Crippen LogP contribution >= 0.6 is 0 Å². The average molecular weight is 1120 g/mol. The van der Waals surface area contributed by atoms with Gasteiger partial charge in [-0.2, -0.15) is 0 Å². The van der Waals surface area contributed by atoms with Crippen molar-refractivity contribution in [2.24, 2.45) is 0 Å². The minimum Gasteiger partial charge on any atom is -0.311 e. The second kappa shape index (κ2) is 21.1. The van der Waals surface area contributed by atoms with Crippen molar-refractivity contribution in [1.29, 1.82) is 0 Å². The van der Waals surface area contributed by atoms with Gasteiger partial charge in [0.1, 0.15) is 0 Å². The Labute approximate surface area is 510 Å². The largest absolute Gasteiger partial charge is 0.311 e. The standard InChI is InChI=1S/C80H52BN7/c1-6-24-54(25-7-1)67-51-68(55-26-8-2-9-27-55)84-80(83-67)58-46-47-73(88-71-38-20-16-34-62(71)63-35-17-21-39-72(63)88)64(48-58)70-52-69(56-28-10-3-11-29-56)82-79(85-70)57-44-42-53(43-45-57)59-49-76-78-77(50-59)87(61-32-14-5-15-33-61)75-41-23-19-37-66(75)81(78)65-36-18-22-40-74(65)86(76)60-30-12-4-13-31-60/h1-52H. The molecule has 5 heterocycles. The molecule has 0 fully saturated rings. The van der Waals surface area contributed by atoms with E-state index >= 15 is 0 Å². The molecule has 0 bridgehead atoms. The van der Waals surface area contributed by atoms with Gasteiger partial charge in [-0.3, -0.25) is 0 Å². The topological polar surface area (TPSA) is 63.0 Å². The molecular formula is C80H52BN7. The van der Waals surface area contributed by atoms with Gasteiger partial charge in [-0.25, -0.2) is 19.9 Å². The van der Waals surface area contributed by atoms with Gasteiger partial charge in [0.25, 0.3) is 6.71 Å². The van der Waals surface area contributed by atoms with Crippen LogP contribution in [0.2, 0.25) is 0 Å². The summed E-state index contributed by atoms with van der Waals surface area (Å²) in [5, 5.41) is 2.34. The summed E-state index contributed by atoms with van der Waals surface area (Å²) in [4.78, 5) is 26.7. The van der Waals surface area contributed by atoms with Crippen LogP contribution in [0.3, 0.4) is 0 Å². The minimum atomic E-state index is 0.0203. The zero-order valence-corrected chi connectivity index (χ0v) is 47.7. The fraction of sp³-hybridized carbons (Fsp3) is 0. The molecule has 410 valence electrons. The first-order valence-corrected chi connectivity index (χ1v) is 29.9. The van der Waals surface area contributed by atoms with E-state index in [2.05, 4.69) is 312 Å². The summed E-state index contributed by atoms with van der Waals surface area (Å²) in [6, 6.07) is 112. The van der Waals surface area contributed by atoms with Gasteiger partial charge in [0, 0.05) is 78.3 Å². The summed E-state index contributed by atoms with van der Waals surface area (Å²) < 4.78 is 2.38. The third-order valence-corrected chi connectivity index (χ3v) is 17.4. The van der Waals surface area contributed by atoms with Crippen LogP contribution in [0.15, 0.2) is 315 Å². The summed E-state index contributed by atoms with van der Waals surface area (Å²) in [5.74, 6) is 1.22. The summed E-state index contributed by atoms with van der Waals surface area (Å²) >= 11 is 0. The van der Waals surface area contributed by atoms with Crippen molar-refractivity contribution in [3.8, 4) is 84.6 Å². The van der Waals surface area contributed by atoms with E-state index in [0.29, 0.717) is 11.6 Å². The predicted molar refractivity (Wildman–Crippen MR) is 364 cm³/mol. The first kappa shape index (κ1) is 50.8. The molecule has 7 nitrogen and oxygen atoms in total. The number of hydrogen-bond donors (Lipinski definition) is 0. The maximum absolute atomic E-state index is 5.65. The van der Waals surface area contributed by atoms with E-state index < -0.39 is 0 Å². The van der Waals surface area contributed by atoms with Crippen LogP contribution in [-0.2, 0) is 0 Å². The Morgan fingerprint density at radius 3 is 1.14 bits per heavy atom. The van der Waals surface area contributed by atoms with Crippen LogP contribution in [0.5, 0.6) is 0 Å². The number of nitrogens with zero attached hydrogens (tertiary/aromatic N) is 7. The Morgan fingerprint density at radius 1 is 0.250 bits per heavy atom. The third-order valence-electron chi connectivity index (χ3n) is 17.4. The molecule has 0 saturated heterocycles.